The van der Waals surface area contributed by atoms with Gasteiger partial charge in [-0.25, -0.2) is 0 Å². The number of carbonyl (C=O) groups excluding carboxylic acids is 1. The Bertz CT molecular complexity index is 544. The van der Waals surface area contributed by atoms with Gasteiger partial charge in [0.15, 0.2) is 5.78 Å². The molecule has 4 heteroatoms. The van der Waals surface area contributed by atoms with Crippen LogP contribution in [0.3, 0.4) is 0 Å². The molecule has 0 aliphatic heterocycles. The number of benzene rings is 1. The predicted octanol–water partition coefficient (Wildman–Crippen LogP) is 3.05. The number of Topliss-reactive ketones (excluding diaryl/α,β-unsaturated/α-hetero) is 1. The van der Waals surface area contributed by atoms with E-state index in [1.54, 1.807) is 6.07 Å². The largest absolute Gasteiger partial charge is 0.292 e. The van der Waals surface area contributed by atoms with Gasteiger partial charge in [0, 0.05) is 4.90 Å². The first-order valence-electron chi connectivity index (χ1n) is 5.19. The van der Waals surface area contributed by atoms with Crippen LogP contribution in [0.5, 0.6) is 0 Å². The number of rotatable bonds is 4. The Hall–Kier alpha value is -1.26. The summed E-state index contributed by atoms with van der Waals surface area (Å²) < 4.78 is 12.1. The molecule has 2 aromatic rings. The summed E-state index contributed by atoms with van der Waals surface area (Å²) in [6.45, 7) is 1.91. The van der Waals surface area contributed by atoms with Gasteiger partial charge in [-0.3, -0.25) is 9.00 Å². The van der Waals surface area contributed by atoms with Crippen molar-refractivity contribution in [1.82, 2.24) is 0 Å². The Morgan fingerprint density at radius 3 is 2.65 bits per heavy atom. The number of ketones is 1. The lowest BCUT2D eigenvalue weighted by molar-refractivity contribution is 0.102. The van der Waals surface area contributed by atoms with Crippen LogP contribution in [-0.2, 0) is 10.8 Å². The highest BCUT2D eigenvalue weighted by atomic mass is 32.2. The van der Waals surface area contributed by atoms with Crippen molar-refractivity contribution in [3.05, 3.63) is 52.2 Å². The van der Waals surface area contributed by atoms with Crippen LogP contribution in [0.25, 0.3) is 0 Å². The van der Waals surface area contributed by atoms with Crippen LogP contribution in [0, 0.1) is 6.92 Å². The van der Waals surface area contributed by atoms with Gasteiger partial charge in [-0.1, -0.05) is 24.3 Å². The minimum atomic E-state index is -1.25. The highest BCUT2D eigenvalue weighted by Gasteiger charge is 2.14. The molecule has 0 fully saturated rings. The Morgan fingerprint density at radius 2 is 2.00 bits per heavy atom. The maximum atomic E-state index is 12.1. The van der Waals surface area contributed by atoms with Gasteiger partial charge < -0.3 is 0 Å². The van der Waals surface area contributed by atoms with Gasteiger partial charge in [0.05, 0.1) is 21.4 Å². The third-order valence-corrected chi connectivity index (χ3v) is 4.78. The molecule has 0 bridgehead atoms. The standard InChI is InChI=1S/C13H12O2S2/c1-10-5-2-3-7-13(10)17(15)9-11(14)12-6-4-8-16-12/h2-8H,9H2,1H3. The summed E-state index contributed by atoms with van der Waals surface area (Å²) in [7, 11) is -1.25. The highest BCUT2D eigenvalue weighted by Crippen LogP contribution is 2.15. The quantitative estimate of drug-likeness (QED) is 0.795. The summed E-state index contributed by atoms with van der Waals surface area (Å²) in [5, 5.41) is 1.85. The normalized spacial score (nSPS) is 12.3. The average molecular weight is 264 g/mol. The molecule has 1 atom stereocenters. The summed E-state index contributed by atoms with van der Waals surface area (Å²) >= 11 is 1.39. The molecule has 1 heterocycles. The number of thiophene rings is 1. The first-order valence-corrected chi connectivity index (χ1v) is 7.39. The van der Waals surface area contributed by atoms with Gasteiger partial charge in [0.25, 0.3) is 0 Å². The van der Waals surface area contributed by atoms with Crippen LogP contribution in [-0.4, -0.2) is 15.7 Å². The molecule has 0 radical (unpaired) electrons. The molecule has 0 spiro atoms. The molecule has 0 amide bonds. The number of hydrogen-bond donors (Lipinski definition) is 0. The SMILES string of the molecule is Cc1ccccc1S(=O)CC(=O)c1cccs1. The molecule has 0 aliphatic carbocycles. The van der Waals surface area contributed by atoms with E-state index in [1.807, 2.05) is 42.6 Å². The van der Waals surface area contributed by atoms with Crippen molar-refractivity contribution in [3.8, 4) is 0 Å². The molecule has 2 nitrogen and oxygen atoms in total. The van der Waals surface area contributed by atoms with Crippen molar-refractivity contribution < 1.29 is 9.00 Å². The van der Waals surface area contributed by atoms with Crippen molar-refractivity contribution in [2.45, 2.75) is 11.8 Å². The summed E-state index contributed by atoms with van der Waals surface area (Å²) in [6, 6.07) is 11.1. The van der Waals surface area contributed by atoms with Crippen LogP contribution in [0.1, 0.15) is 15.2 Å². The second-order valence-electron chi connectivity index (χ2n) is 3.66. The maximum Gasteiger partial charge on any atom is 0.185 e. The van der Waals surface area contributed by atoms with E-state index in [-0.39, 0.29) is 11.5 Å². The summed E-state index contributed by atoms with van der Waals surface area (Å²) in [5.41, 5.74) is 0.963. The van der Waals surface area contributed by atoms with Crippen LogP contribution in [0.15, 0.2) is 46.7 Å². The monoisotopic (exact) mass is 264 g/mol. The molecule has 1 unspecified atom stereocenters. The Balaban J connectivity index is 2.13. The maximum absolute atomic E-state index is 12.1. The third kappa shape index (κ3) is 2.90. The first kappa shape index (κ1) is 12.2. The van der Waals surface area contributed by atoms with Crippen LogP contribution in [0.4, 0.5) is 0 Å². The van der Waals surface area contributed by atoms with Crippen molar-refractivity contribution in [2.75, 3.05) is 5.75 Å². The molecule has 2 rings (SSSR count). The molecule has 88 valence electrons. The van der Waals surface area contributed by atoms with Crippen LogP contribution >= 0.6 is 11.3 Å². The Kier molecular flexibility index (Phi) is 3.86. The van der Waals surface area contributed by atoms with Gasteiger partial charge in [-0.15, -0.1) is 11.3 Å². The smallest absolute Gasteiger partial charge is 0.185 e. The zero-order valence-electron chi connectivity index (χ0n) is 9.38. The minimum absolute atomic E-state index is 0.0541. The fourth-order valence-electron chi connectivity index (χ4n) is 1.52. The van der Waals surface area contributed by atoms with Crippen LogP contribution in [0.2, 0.25) is 0 Å². The van der Waals surface area contributed by atoms with E-state index < -0.39 is 10.8 Å². The van der Waals surface area contributed by atoms with Crippen LogP contribution < -0.4 is 0 Å². The second-order valence-corrected chi connectivity index (χ2v) is 6.02. The highest BCUT2D eigenvalue weighted by molar-refractivity contribution is 7.85. The number of hydrogen-bond acceptors (Lipinski definition) is 3. The molecule has 0 saturated heterocycles. The topological polar surface area (TPSA) is 34.1 Å². The van der Waals surface area contributed by atoms with Gasteiger partial charge in [-0.05, 0) is 30.0 Å². The summed E-state index contributed by atoms with van der Waals surface area (Å²) in [4.78, 5) is 13.2. The Labute approximate surface area is 107 Å². The van der Waals surface area contributed by atoms with Crippen molar-refractivity contribution in [2.24, 2.45) is 0 Å². The average Bonchev–Trinajstić information content (AvgIpc) is 2.82. The minimum Gasteiger partial charge on any atom is -0.292 e. The molecule has 0 aliphatic rings. The lowest BCUT2D eigenvalue weighted by atomic mass is 10.2. The molecule has 0 N–H and O–H groups in total. The van der Waals surface area contributed by atoms with Crippen molar-refractivity contribution >= 4 is 27.9 Å². The van der Waals surface area contributed by atoms with E-state index >= 15 is 0 Å². The zero-order valence-corrected chi connectivity index (χ0v) is 11.0. The van der Waals surface area contributed by atoms with E-state index in [0.717, 1.165) is 10.5 Å². The van der Waals surface area contributed by atoms with Crippen molar-refractivity contribution in [1.29, 1.82) is 0 Å². The van der Waals surface area contributed by atoms with E-state index in [4.69, 9.17) is 0 Å². The number of aryl methyl sites for hydroxylation is 1. The fourth-order valence-corrected chi connectivity index (χ4v) is 3.48. The third-order valence-electron chi connectivity index (χ3n) is 2.40. The molecule has 17 heavy (non-hydrogen) atoms. The Morgan fingerprint density at radius 1 is 1.24 bits per heavy atom. The second kappa shape index (κ2) is 5.38. The van der Waals surface area contributed by atoms with Crippen molar-refractivity contribution in [3.63, 3.8) is 0 Å². The van der Waals surface area contributed by atoms with E-state index in [2.05, 4.69) is 0 Å². The predicted molar refractivity (Wildman–Crippen MR) is 71.1 cm³/mol. The lowest BCUT2D eigenvalue weighted by Crippen LogP contribution is -2.10. The van der Waals surface area contributed by atoms with Gasteiger partial charge in [-0.2, -0.15) is 0 Å². The molecular formula is C13H12O2S2. The van der Waals surface area contributed by atoms with Gasteiger partial charge in [0.1, 0.15) is 0 Å². The van der Waals surface area contributed by atoms with Gasteiger partial charge in [0.2, 0.25) is 0 Å². The molecule has 1 aromatic heterocycles. The lowest BCUT2D eigenvalue weighted by Gasteiger charge is -2.04. The zero-order chi connectivity index (χ0) is 12.3. The fraction of sp³-hybridized carbons (Fsp3) is 0.154. The summed E-state index contributed by atoms with van der Waals surface area (Å²) in [6.07, 6.45) is 0. The van der Waals surface area contributed by atoms with E-state index in [1.165, 1.54) is 11.3 Å². The first-order chi connectivity index (χ1) is 8.18. The molecule has 0 saturated carbocycles. The molecular weight excluding hydrogens is 252 g/mol. The van der Waals surface area contributed by atoms with E-state index in [9.17, 15) is 9.00 Å². The molecule has 1 aromatic carbocycles. The summed E-state index contributed by atoms with van der Waals surface area (Å²) in [5.74, 6) is 0.00679. The van der Waals surface area contributed by atoms with Gasteiger partial charge >= 0.3 is 0 Å². The number of carbonyl (C=O) groups is 1. The van der Waals surface area contributed by atoms with E-state index in [0.29, 0.717) is 4.88 Å².